The van der Waals surface area contributed by atoms with Crippen LogP contribution >= 0.6 is 11.3 Å². The quantitative estimate of drug-likeness (QED) is 0.814. The lowest BCUT2D eigenvalue weighted by Crippen LogP contribution is -2.41. The zero-order valence-corrected chi connectivity index (χ0v) is 9.97. The average molecular weight is 228 g/mol. The van der Waals surface area contributed by atoms with Gasteiger partial charge in [0.05, 0.1) is 17.7 Å². The molecule has 0 unspecified atom stereocenters. The number of hydrogen-bond acceptors (Lipinski definition) is 4. The SMILES string of the molecule is Cc1nc(C(=O)N[C@H](CO)C(C)C)cs1. The summed E-state index contributed by atoms with van der Waals surface area (Å²) in [6.45, 7) is 5.71. The van der Waals surface area contributed by atoms with E-state index < -0.39 is 0 Å². The molecule has 0 spiro atoms. The Morgan fingerprint density at radius 2 is 2.33 bits per heavy atom. The van der Waals surface area contributed by atoms with E-state index in [4.69, 9.17) is 5.11 Å². The molecule has 0 fully saturated rings. The number of hydrogen-bond donors (Lipinski definition) is 2. The molecule has 0 aromatic carbocycles. The Bertz CT molecular complexity index is 336. The van der Waals surface area contributed by atoms with Crippen LogP contribution in [-0.2, 0) is 0 Å². The van der Waals surface area contributed by atoms with Gasteiger partial charge in [0.1, 0.15) is 5.69 Å². The van der Waals surface area contributed by atoms with Gasteiger partial charge in [-0.05, 0) is 12.8 Å². The summed E-state index contributed by atoms with van der Waals surface area (Å²) in [6, 6.07) is -0.209. The van der Waals surface area contributed by atoms with E-state index in [1.165, 1.54) is 11.3 Å². The molecule has 0 saturated carbocycles. The molecular formula is C10H16N2O2S. The molecule has 1 amide bonds. The molecule has 0 aliphatic heterocycles. The van der Waals surface area contributed by atoms with Gasteiger partial charge in [-0.3, -0.25) is 4.79 Å². The minimum Gasteiger partial charge on any atom is -0.394 e. The van der Waals surface area contributed by atoms with Crippen molar-refractivity contribution in [1.29, 1.82) is 0 Å². The first-order valence-electron chi connectivity index (χ1n) is 4.88. The van der Waals surface area contributed by atoms with E-state index in [1.54, 1.807) is 5.38 Å². The number of nitrogens with zero attached hydrogens (tertiary/aromatic N) is 1. The maximum atomic E-state index is 11.7. The van der Waals surface area contributed by atoms with Gasteiger partial charge < -0.3 is 10.4 Å². The zero-order valence-electron chi connectivity index (χ0n) is 9.15. The molecule has 0 saturated heterocycles. The first-order valence-corrected chi connectivity index (χ1v) is 5.76. The van der Waals surface area contributed by atoms with Crippen LogP contribution in [0.25, 0.3) is 0 Å². The second-order valence-electron chi connectivity index (χ2n) is 3.76. The highest BCUT2D eigenvalue weighted by Crippen LogP contribution is 2.09. The third-order valence-electron chi connectivity index (χ3n) is 2.17. The summed E-state index contributed by atoms with van der Waals surface area (Å²) in [7, 11) is 0. The van der Waals surface area contributed by atoms with Crippen molar-refractivity contribution in [2.24, 2.45) is 5.92 Å². The van der Waals surface area contributed by atoms with Gasteiger partial charge in [-0.25, -0.2) is 4.98 Å². The molecule has 0 radical (unpaired) electrons. The smallest absolute Gasteiger partial charge is 0.271 e. The van der Waals surface area contributed by atoms with Crippen LogP contribution in [0.2, 0.25) is 0 Å². The number of rotatable bonds is 4. The van der Waals surface area contributed by atoms with Crippen LogP contribution in [0, 0.1) is 12.8 Å². The van der Waals surface area contributed by atoms with Crippen molar-refractivity contribution < 1.29 is 9.90 Å². The van der Waals surface area contributed by atoms with Crippen LogP contribution in [0.1, 0.15) is 29.3 Å². The lowest BCUT2D eigenvalue weighted by atomic mass is 10.1. The number of aliphatic hydroxyl groups is 1. The summed E-state index contributed by atoms with van der Waals surface area (Å²) >= 11 is 1.44. The highest BCUT2D eigenvalue weighted by atomic mass is 32.1. The summed E-state index contributed by atoms with van der Waals surface area (Å²) in [6.07, 6.45) is 0. The van der Waals surface area contributed by atoms with E-state index in [1.807, 2.05) is 20.8 Å². The molecule has 2 N–H and O–H groups in total. The van der Waals surface area contributed by atoms with Crippen molar-refractivity contribution in [2.45, 2.75) is 26.8 Å². The summed E-state index contributed by atoms with van der Waals surface area (Å²) in [4.78, 5) is 15.7. The third-order valence-corrected chi connectivity index (χ3v) is 2.94. The van der Waals surface area contributed by atoms with E-state index >= 15 is 0 Å². The Morgan fingerprint density at radius 3 is 2.73 bits per heavy atom. The van der Waals surface area contributed by atoms with Crippen LogP contribution in [0.5, 0.6) is 0 Å². The second-order valence-corrected chi connectivity index (χ2v) is 4.82. The Morgan fingerprint density at radius 1 is 1.67 bits per heavy atom. The van der Waals surface area contributed by atoms with Gasteiger partial charge in [0.2, 0.25) is 0 Å². The molecule has 1 heterocycles. The molecule has 5 heteroatoms. The van der Waals surface area contributed by atoms with Crippen molar-refractivity contribution in [1.82, 2.24) is 10.3 Å². The minimum absolute atomic E-state index is 0.0491. The van der Waals surface area contributed by atoms with E-state index in [9.17, 15) is 4.79 Å². The van der Waals surface area contributed by atoms with Crippen LogP contribution in [0.3, 0.4) is 0 Å². The molecule has 15 heavy (non-hydrogen) atoms. The van der Waals surface area contributed by atoms with Crippen LogP contribution in [-0.4, -0.2) is 28.6 Å². The van der Waals surface area contributed by atoms with E-state index in [0.717, 1.165) is 5.01 Å². The Balaban J connectivity index is 2.62. The monoisotopic (exact) mass is 228 g/mol. The number of thiazole rings is 1. The molecule has 0 aliphatic rings. The van der Waals surface area contributed by atoms with Gasteiger partial charge in [-0.2, -0.15) is 0 Å². The number of aryl methyl sites for hydroxylation is 1. The molecule has 1 aromatic rings. The van der Waals surface area contributed by atoms with Crippen molar-refractivity contribution >= 4 is 17.2 Å². The van der Waals surface area contributed by atoms with E-state index in [2.05, 4.69) is 10.3 Å². The second kappa shape index (κ2) is 5.23. The molecule has 4 nitrogen and oxygen atoms in total. The highest BCUT2D eigenvalue weighted by molar-refractivity contribution is 7.09. The largest absolute Gasteiger partial charge is 0.394 e. The Labute approximate surface area is 93.4 Å². The normalized spacial score (nSPS) is 12.9. The van der Waals surface area contributed by atoms with Gasteiger partial charge in [0.15, 0.2) is 0 Å². The molecule has 84 valence electrons. The lowest BCUT2D eigenvalue weighted by molar-refractivity contribution is 0.0892. The molecular weight excluding hydrogens is 212 g/mol. The average Bonchev–Trinajstić information content (AvgIpc) is 2.60. The predicted molar refractivity (Wildman–Crippen MR) is 60.0 cm³/mol. The standard InChI is InChI=1S/C10H16N2O2S/c1-6(2)8(4-13)12-10(14)9-5-15-7(3)11-9/h5-6,8,13H,4H2,1-3H3,(H,12,14)/t8-/m1/s1. The van der Waals surface area contributed by atoms with Crippen molar-refractivity contribution in [3.63, 3.8) is 0 Å². The van der Waals surface area contributed by atoms with Crippen molar-refractivity contribution in [3.05, 3.63) is 16.1 Å². The molecule has 0 aliphatic carbocycles. The number of aliphatic hydroxyl groups excluding tert-OH is 1. The van der Waals surface area contributed by atoms with Crippen molar-refractivity contribution in [2.75, 3.05) is 6.61 Å². The lowest BCUT2D eigenvalue weighted by Gasteiger charge is -2.19. The fraction of sp³-hybridized carbons (Fsp3) is 0.600. The van der Waals surface area contributed by atoms with Crippen LogP contribution in [0.4, 0.5) is 0 Å². The first-order chi connectivity index (χ1) is 7.04. The van der Waals surface area contributed by atoms with E-state index in [-0.39, 0.29) is 24.5 Å². The van der Waals surface area contributed by atoms with Gasteiger partial charge in [0.25, 0.3) is 5.91 Å². The van der Waals surface area contributed by atoms with E-state index in [0.29, 0.717) is 5.69 Å². The summed E-state index contributed by atoms with van der Waals surface area (Å²) in [5.74, 6) is -0.00853. The van der Waals surface area contributed by atoms with Gasteiger partial charge in [-0.1, -0.05) is 13.8 Å². The number of nitrogens with one attached hydrogen (secondary N) is 1. The van der Waals surface area contributed by atoms with Gasteiger partial charge in [0, 0.05) is 5.38 Å². The van der Waals surface area contributed by atoms with Gasteiger partial charge >= 0.3 is 0 Å². The Hall–Kier alpha value is -0.940. The van der Waals surface area contributed by atoms with Crippen LogP contribution in [0.15, 0.2) is 5.38 Å². The topological polar surface area (TPSA) is 62.2 Å². The fourth-order valence-electron chi connectivity index (χ4n) is 1.13. The maximum absolute atomic E-state index is 11.7. The third kappa shape index (κ3) is 3.28. The highest BCUT2D eigenvalue weighted by Gasteiger charge is 2.17. The maximum Gasteiger partial charge on any atom is 0.271 e. The Kier molecular flexibility index (Phi) is 4.23. The molecule has 1 aromatic heterocycles. The number of carbonyl (C=O) groups excluding carboxylic acids is 1. The first kappa shape index (κ1) is 12.1. The number of carbonyl (C=O) groups is 1. The summed E-state index contributed by atoms with van der Waals surface area (Å²) < 4.78 is 0. The molecule has 1 atom stereocenters. The molecule has 0 bridgehead atoms. The van der Waals surface area contributed by atoms with Crippen molar-refractivity contribution in [3.8, 4) is 0 Å². The molecule has 1 rings (SSSR count). The summed E-state index contributed by atoms with van der Waals surface area (Å²) in [5.41, 5.74) is 0.427. The fourth-order valence-corrected chi connectivity index (χ4v) is 1.73. The zero-order chi connectivity index (χ0) is 11.4. The van der Waals surface area contributed by atoms with Crippen LogP contribution < -0.4 is 5.32 Å². The number of aromatic nitrogens is 1. The van der Waals surface area contributed by atoms with Gasteiger partial charge in [-0.15, -0.1) is 11.3 Å². The minimum atomic E-state index is -0.216. The summed E-state index contributed by atoms with van der Waals surface area (Å²) in [5, 5.41) is 14.4. The number of amides is 1. The predicted octanol–water partition coefficient (Wildman–Crippen LogP) is 1.20.